The summed E-state index contributed by atoms with van der Waals surface area (Å²) in [6, 6.07) is 6.32. The Labute approximate surface area is 125 Å². The fourth-order valence-electron chi connectivity index (χ4n) is 2.49. The maximum absolute atomic E-state index is 5.95. The van der Waals surface area contributed by atoms with Gasteiger partial charge in [0.2, 0.25) is 0 Å². The molecule has 0 atom stereocenters. The van der Waals surface area contributed by atoms with E-state index in [9.17, 15) is 0 Å². The van der Waals surface area contributed by atoms with Crippen LogP contribution in [0.25, 0.3) is 0 Å². The van der Waals surface area contributed by atoms with Gasteiger partial charge < -0.3 is 15.5 Å². The Morgan fingerprint density at radius 1 is 1.26 bits per heavy atom. The molecule has 1 aromatic rings. The van der Waals surface area contributed by atoms with Crippen LogP contribution in [-0.4, -0.2) is 49.4 Å². The highest BCUT2D eigenvalue weighted by atomic mass is 32.2. The Morgan fingerprint density at radius 3 is 2.74 bits per heavy atom. The number of rotatable bonds is 3. The summed E-state index contributed by atoms with van der Waals surface area (Å²) in [6.07, 6.45) is 3.24. The molecule has 1 aliphatic heterocycles. The van der Waals surface area contributed by atoms with Gasteiger partial charge in [-0.1, -0.05) is 18.3 Å². The maximum Gasteiger partial charge on any atom is 0.107 e. The van der Waals surface area contributed by atoms with Crippen molar-refractivity contribution >= 4 is 34.7 Å². The molecule has 0 aliphatic carbocycles. The molecule has 1 fully saturated rings. The third-order valence-corrected chi connectivity index (χ3v) is 4.51. The zero-order valence-corrected chi connectivity index (χ0v) is 13.2. The highest BCUT2D eigenvalue weighted by Crippen LogP contribution is 2.30. The van der Waals surface area contributed by atoms with E-state index in [4.69, 9.17) is 18.0 Å². The van der Waals surface area contributed by atoms with Crippen LogP contribution in [0.2, 0.25) is 0 Å². The van der Waals surface area contributed by atoms with E-state index in [1.54, 1.807) is 11.8 Å². The van der Waals surface area contributed by atoms with Gasteiger partial charge >= 0.3 is 0 Å². The molecule has 104 valence electrons. The number of thiocarbonyl (C=S) groups is 1. The standard InChI is InChI=1S/C14H21N3S2/c1-16-7-4-8-17(10-9-16)11-5-3-6-12(19-2)13(11)14(15)18/h3,5-6H,4,7-10H2,1-2H3,(H2,15,18). The van der Waals surface area contributed by atoms with E-state index in [0.29, 0.717) is 4.99 Å². The van der Waals surface area contributed by atoms with Crippen molar-refractivity contribution in [3.05, 3.63) is 23.8 Å². The highest BCUT2D eigenvalue weighted by Gasteiger charge is 2.18. The van der Waals surface area contributed by atoms with Crippen LogP contribution >= 0.6 is 24.0 Å². The molecule has 0 spiro atoms. The average molecular weight is 295 g/mol. The first-order valence-electron chi connectivity index (χ1n) is 6.53. The molecular formula is C14H21N3S2. The molecule has 0 bridgehead atoms. The average Bonchev–Trinajstić information content (AvgIpc) is 2.62. The smallest absolute Gasteiger partial charge is 0.107 e. The minimum absolute atomic E-state index is 0.498. The maximum atomic E-state index is 5.95. The van der Waals surface area contributed by atoms with Crippen LogP contribution in [0.1, 0.15) is 12.0 Å². The second kappa shape index (κ2) is 6.59. The second-order valence-corrected chi connectivity index (χ2v) is 6.15. The van der Waals surface area contributed by atoms with Crippen molar-refractivity contribution in [2.24, 2.45) is 5.73 Å². The molecule has 0 saturated carbocycles. The Bertz CT molecular complexity index is 462. The summed E-state index contributed by atoms with van der Waals surface area (Å²) in [6.45, 7) is 4.34. The minimum Gasteiger partial charge on any atom is -0.389 e. The summed E-state index contributed by atoms with van der Waals surface area (Å²) in [5, 5.41) is 0. The summed E-state index contributed by atoms with van der Waals surface area (Å²) in [5.74, 6) is 0. The van der Waals surface area contributed by atoms with Gasteiger partial charge in [0.05, 0.1) is 0 Å². The number of nitrogens with zero attached hydrogens (tertiary/aromatic N) is 2. The zero-order valence-electron chi connectivity index (χ0n) is 11.6. The first-order chi connectivity index (χ1) is 9.13. The summed E-state index contributed by atoms with van der Waals surface area (Å²) >= 11 is 6.96. The third kappa shape index (κ3) is 3.41. The van der Waals surface area contributed by atoms with Crippen LogP contribution in [0, 0.1) is 0 Å². The summed E-state index contributed by atoms with van der Waals surface area (Å²) < 4.78 is 0. The van der Waals surface area contributed by atoms with Gasteiger partial charge in [-0.05, 0) is 38.4 Å². The van der Waals surface area contributed by atoms with Gasteiger partial charge in [-0.3, -0.25) is 0 Å². The molecule has 2 N–H and O–H groups in total. The molecule has 0 aromatic heterocycles. The third-order valence-electron chi connectivity index (χ3n) is 3.53. The first kappa shape index (κ1) is 14.6. The SMILES string of the molecule is CSc1cccc(N2CCCN(C)CC2)c1C(N)=S. The Hall–Kier alpha value is -0.780. The van der Waals surface area contributed by atoms with Crippen LogP contribution < -0.4 is 10.6 Å². The number of thioether (sulfide) groups is 1. The largest absolute Gasteiger partial charge is 0.389 e. The molecule has 1 heterocycles. The number of benzene rings is 1. The monoisotopic (exact) mass is 295 g/mol. The van der Waals surface area contributed by atoms with E-state index in [-0.39, 0.29) is 0 Å². The highest BCUT2D eigenvalue weighted by molar-refractivity contribution is 7.98. The van der Waals surface area contributed by atoms with E-state index in [1.807, 2.05) is 0 Å². The molecule has 0 unspecified atom stereocenters. The van der Waals surface area contributed by atoms with E-state index in [1.165, 1.54) is 17.0 Å². The number of hydrogen-bond acceptors (Lipinski definition) is 4. The molecule has 0 amide bonds. The molecule has 1 aromatic carbocycles. The van der Waals surface area contributed by atoms with Gasteiger partial charge in [0.15, 0.2) is 0 Å². The molecule has 0 radical (unpaired) electrons. The lowest BCUT2D eigenvalue weighted by molar-refractivity contribution is 0.360. The quantitative estimate of drug-likeness (QED) is 0.683. The predicted octanol–water partition coefficient (Wildman–Crippen LogP) is 2.18. The second-order valence-electron chi connectivity index (χ2n) is 4.86. The van der Waals surface area contributed by atoms with E-state index >= 15 is 0 Å². The van der Waals surface area contributed by atoms with Crippen molar-refractivity contribution in [1.82, 2.24) is 4.90 Å². The van der Waals surface area contributed by atoms with Crippen molar-refractivity contribution in [3.8, 4) is 0 Å². The Morgan fingerprint density at radius 2 is 2.05 bits per heavy atom. The van der Waals surface area contributed by atoms with Crippen molar-refractivity contribution in [1.29, 1.82) is 0 Å². The topological polar surface area (TPSA) is 32.5 Å². The zero-order chi connectivity index (χ0) is 13.8. The van der Waals surface area contributed by atoms with Gasteiger partial charge in [-0.15, -0.1) is 11.8 Å². The van der Waals surface area contributed by atoms with Crippen molar-refractivity contribution in [2.75, 3.05) is 44.4 Å². The van der Waals surface area contributed by atoms with E-state index in [0.717, 1.165) is 31.7 Å². The first-order valence-corrected chi connectivity index (χ1v) is 8.17. The lowest BCUT2D eigenvalue weighted by Gasteiger charge is -2.26. The van der Waals surface area contributed by atoms with Crippen molar-refractivity contribution in [3.63, 3.8) is 0 Å². The van der Waals surface area contributed by atoms with Crippen LogP contribution in [0.4, 0.5) is 5.69 Å². The van der Waals surface area contributed by atoms with Gasteiger partial charge in [-0.2, -0.15) is 0 Å². The van der Waals surface area contributed by atoms with Gasteiger partial charge in [0.1, 0.15) is 4.99 Å². The minimum atomic E-state index is 0.498. The number of anilines is 1. The number of nitrogens with two attached hydrogens (primary N) is 1. The predicted molar refractivity (Wildman–Crippen MR) is 88.4 cm³/mol. The van der Waals surface area contributed by atoms with E-state index < -0.39 is 0 Å². The van der Waals surface area contributed by atoms with Crippen molar-refractivity contribution in [2.45, 2.75) is 11.3 Å². The van der Waals surface area contributed by atoms with Crippen LogP contribution in [0.3, 0.4) is 0 Å². The van der Waals surface area contributed by atoms with Gasteiger partial charge in [0, 0.05) is 35.8 Å². The Balaban J connectivity index is 2.35. The normalized spacial score (nSPS) is 17.3. The van der Waals surface area contributed by atoms with Crippen LogP contribution in [0.15, 0.2) is 23.1 Å². The molecule has 5 heteroatoms. The molecule has 3 nitrogen and oxygen atoms in total. The summed E-state index contributed by atoms with van der Waals surface area (Å²) in [4.78, 5) is 6.46. The molecule has 1 aliphatic rings. The molecule has 19 heavy (non-hydrogen) atoms. The van der Waals surface area contributed by atoms with Crippen molar-refractivity contribution < 1.29 is 0 Å². The van der Waals surface area contributed by atoms with E-state index in [2.05, 4.69) is 41.3 Å². The lowest BCUT2D eigenvalue weighted by Crippen LogP contribution is -2.30. The molecular weight excluding hydrogens is 274 g/mol. The van der Waals surface area contributed by atoms with Crippen LogP contribution in [0.5, 0.6) is 0 Å². The number of hydrogen-bond donors (Lipinski definition) is 1. The lowest BCUT2D eigenvalue weighted by atomic mass is 10.1. The van der Waals surface area contributed by atoms with Gasteiger partial charge in [0.25, 0.3) is 0 Å². The Kier molecular flexibility index (Phi) is 5.07. The molecule has 1 saturated heterocycles. The van der Waals surface area contributed by atoms with Gasteiger partial charge in [-0.25, -0.2) is 0 Å². The summed E-state index contributed by atoms with van der Waals surface area (Å²) in [5.41, 5.74) is 8.17. The fourth-order valence-corrected chi connectivity index (χ4v) is 3.40. The fraction of sp³-hybridized carbons (Fsp3) is 0.500. The number of likely N-dealkylation sites (N-methyl/N-ethyl adjacent to an activating group) is 1. The van der Waals surface area contributed by atoms with Crippen LogP contribution in [-0.2, 0) is 0 Å². The summed E-state index contributed by atoms with van der Waals surface area (Å²) in [7, 11) is 2.18. The molecule has 2 rings (SSSR count).